The average molecular weight is 202 g/mol. The number of amides is 1. The number of carbonyl (C=O) groups excluding carboxylic acids is 1. The van der Waals surface area contributed by atoms with Crippen molar-refractivity contribution in [3.05, 3.63) is 0 Å². The van der Waals surface area contributed by atoms with Crippen LogP contribution in [0.1, 0.15) is 32.6 Å². The lowest BCUT2D eigenvalue weighted by Gasteiger charge is -2.11. The third-order valence-corrected chi connectivity index (χ3v) is 3.07. The molecular formula is C9H18N2OS. The summed E-state index contributed by atoms with van der Waals surface area (Å²) in [5.74, 6) is 1.28. The second-order valence-corrected chi connectivity index (χ2v) is 4.44. The van der Waals surface area contributed by atoms with Gasteiger partial charge in [0.05, 0.1) is 0 Å². The first kappa shape index (κ1) is 10.9. The minimum absolute atomic E-state index is 0.161. The molecule has 0 saturated carbocycles. The molecule has 1 unspecified atom stereocenters. The highest BCUT2D eigenvalue weighted by atomic mass is 32.2. The van der Waals surface area contributed by atoms with Gasteiger partial charge in [0.1, 0.15) is 5.50 Å². The summed E-state index contributed by atoms with van der Waals surface area (Å²) in [7, 11) is 0. The zero-order valence-electron chi connectivity index (χ0n) is 8.14. The van der Waals surface area contributed by atoms with Gasteiger partial charge in [-0.25, -0.2) is 0 Å². The molecule has 0 spiro atoms. The van der Waals surface area contributed by atoms with Crippen molar-refractivity contribution in [2.75, 3.05) is 12.3 Å². The maximum Gasteiger partial charge on any atom is 0.221 e. The van der Waals surface area contributed by atoms with Crippen molar-refractivity contribution in [1.29, 1.82) is 0 Å². The fourth-order valence-corrected chi connectivity index (χ4v) is 2.19. The molecule has 1 fully saturated rings. The molecular weight excluding hydrogens is 184 g/mol. The first-order chi connectivity index (χ1) is 6.33. The lowest BCUT2D eigenvalue weighted by Crippen LogP contribution is -2.39. The summed E-state index contributed by atoms with van der Waals surface area (Å²) in [4.78, 5) is 11.3. The van der Waals surface area contributed by atoms with Crippen molar-refractivity contribution < 1.29 is 4.79 Å². The number of hydrogen-bond donors (Lipinski definition) is 2. The van der Waals surface area contributed by atoms with Crippen LogP contribution in [0.25, 0.3) is 0 Å². The highest BCUT2D eigenvalue weighted by Gasteiger charge is 2.15. The van der Waals surface area contributed by atoms with Gasteiger partial charge >= 0.3 is 0 Å². The summed E-state index contributed by atoms with van der Waals surface area (Å²) < 4.78 is 0. The Morgan fingerprint density at radius 1 is 1.62 bits per heavy atom. The molecule has 1 rings (SSSR count). The monoisotopic (exact) mass is 202 g/mol. The molecule has 1 saturated heterocycles. The topological polar surface area (TPSA) is 41.1 Å². The van der Waals surface area contributed by atoms with Gasteiger partial charge in [-0.15, -0.1) is 11.8 Å². The van der Waals surface area contributed by atoms with Crippen molar-refractivity contribution in [2.45, 2.75) is 38.1 Å². The zero-order valence-corrected chi connectivity index (χ0v) is 8.95. The third-order valence-electron chi connectivity index (χ3n) is 2.02. The largest absolute Gasteiger partial charge is 0.332 e. The van der Waals surface area contributed by atoms with E-state index in [0.29, 0.717) is 6.42 Å². The fraction of sp³-hybridized carbons (Fsp3) is 0.889. The Morgan fingerprint density at radius 2 is 2.46 bits per heavy atom. The molecule has 1 atom stereocenters. The van der Waals surface area contributed by atoms with Crippen LogP contribution >= 0.6 is 11.8 Å². The zero-order chi connectivity index (χ0) is 9.52. The van der Waals surface area contributed by atoms with Crippen molar-refractivity contribution >= 4 is 17.7 Å². The summed E-state index contributed by atoms with van der Waals surface area (Å²) >= 11 is 1.77. The van der Waals surface area contributed by atoms with Crippen LogP contribution in [0.4, 0.5) is 0 Å². The van der Waals surface area contributed by atoms with Gasteiger partial charge in [-0.1, -0.05) is 19.8 Å². The number of rotatable bonds is 5. The molecule has 0 aromatic rings. The van der Waals surface area contributed by atoms with Crippen LogP contribution in [-0.2, 0) is 4.79 Å². The second-order valence-electron chi connectivity index (χ2n) is 3.23. The van der Waals surface area contributed by atoms with Crippen molar-refractivity contribution in [3.8, 4) is 0 Å². The summed E-state index contributed by atoms with van der Waals surface area (Å²) in [5, 5.41) is 6.16. The van der Waals surface area contributed by atoms with Gasteiger partial charge in [-0.05, 0) is 6.42 Å². The van der Waals surface area contributed by atoms with E-state index < -0.39 is 0 Å². The molecule has 1 heterocycles. The summed E-state index contributed by atoms with van der Waals surface area (Å²) in [6, 6.07) is 0. The highest BCUT2D eigenvalue weighted by Crippen LogP contribution is 2.10. The Kier molecular flexibility index (Phi) is 5.23. The van der Waals surface area contributed by atoms with Gasteiger partial charge in [-0.3, -0.25) is 10.1 Å². The number of nitrogens with one attached hydrogen (secondary N) is 2. The minimum Gasteiger partial charge on any atom is -0.332 e. The van der Waals surface area contributed by atoms with Gasteiger partial charge in [0.2, 0.25) is 5.91 Å². The van der Waals surface area contributed by atoms with Crippen LogP contribution in [0.15, 0.2) is 0 Å². The van der Waals surface area contributed by atoms with E-state index >= 15 is 0 Å². The molecule has 1 aliphatic rings. The van der Waals surface area contributed by atoms with E-state index in [2.05, 4.69) is 17.6 Å². The predicted molar refractivity (Wildman–Crippen MR) is 56.5 cm³/mol. The first-order valence-corrected chi connectivity index (χ1v) is 6.02. The summed E-state index contributed by atoms with van der Waals surface area (Å²) in [6.45, 7) is 3.15. The Morgan fingerprint density at radius 3 is 3.08 bits per heavy atom. The number of thioether (sulfide) groups is 1. The van der Waals surface area contributed by atoms with Gasteiger partial charge in [0.25, 0.3) is 0 Å². The summed E-state index contributed by atoms with van der Waals surface area (Å²) in [6.07, 6.45) is 4.01. The smallest absolute Gasteiger partial charge is 0.221 e. The fourth-order valence-electron chi connectivity index (χ4n) is 1.27. The van der Waals surface area contributed by atoms with Crippen LogP contribution in [-0.4, -0.2) is 23.7 Å². The maximum atomic E-state index is 11.3. The lowest BCUT2D eigenvalue weighted by atomic mass is 10.2. The molecule has 0 aliphatic carbocycles. The Bertz CT molecular complexity index is 158. The van der Waals surface area contributed by atoms with E-state index in [-0.39, 0.29) is 11.4 Å². The Hall–Kier alpha value is -0.220. The molecule has 0 radical (unpaired) electrons. The van der Waals surface area contributed by atoms with E-state index in [1.807, 2.05) is 0 Å². The lowest BCUT2D eigenvalue weighted by molar-refractivity contribution is -0.121. The first-order valence-electron chi connectivity index (χ1n) is 4.97. The van der Waals surface area contributed by atoms with E-state index in [0.717, 1.165) is 25.1 Å². The van der Waals surface area contributed by atoms with Gasteiger partial charge in [-0.2, -0.15) is 0 Å². The highest BCUT2D eigenvalue weighted by molar-refractivity contribution is 8.00. The molecule has 0 aromatic carbocycles. The van der Waals surface area contributed by atoms with Crippen LogP contribution < -0.4 is 10.6 Å². The van der Waals surface area contributed by atoms with Gasteiger partial charge in [0.15, 0.2) is 0 Å². The average Bonchev–Trinajstić information content (AvgIpc) is 2.57. The maximum absolute atomic E-state index is 11.3. The van der Waals surface area contributed by atoms with E-state index in [1.54, 1.807) is 11.8 Å². The van der Waals surface area contributed by atoms with Crippen molar-refractivity contribution in [1.82, 2.24) is 10.6 Å². The number of hydrogen-bond acceptors (Lipinski definition) is 3. The van der Waals surface area contributed by atoms with Gasteiger partial charge in [0, 0.05) is 18.7 Å². The molecule has 2 N–H and O–H groups in total. The third kappa shape index (κ3) is 4.52. The predicted octanol–water partition coefficient (Wildman–Crippen LogP) is 1.30. The molecule has 1 amide bonds. The number of unbranched alkanes of at least 4 members (excludes halogenated alkanes) is 2. The van der Waals surface area contributed by atoms with Crippen molar-refractivity contribution in [3.63, 3.8) is 0 Å². The molecule has 76 valence electrons. The van der Waals surface area contributed by atoms with E-state index in [9.17, 15) is 4.79 Å². The Labute approximate surface area is 84.0 Å². The van der Waals surface area contributed by atoms with Crippen molar-refractivity contribution in [2.24, 2.45) is 0 Å². The second kappa shape index (κ2) is 6.27. The molecule has 13 heavy (non-hydrogen) atoms. The van der Waals surface area contributed by atoms with Crippen LogP contribution in [0, 0.1) is 0 Å². The number of carbonyl (C=O) groups is 1. The summed E-state index contributed by atoms with van der Waals surface area (Å²) in [5.41, 5.74) is 0.161. The molecule has 1 aliphatic heterocycles. The quantitative estimate of drug-likeness (QED) is 0.660. The SMILES string of the molecule is CCCCCC(=O)NC1NCCS1. The minimum atomic E-state index is 0.161. The van der Waals surface area contributed by atoms with E-state index in [4.69, 9.17) is 0 Å². The van der Waals surface area contributed by atoms with Gasteiger partial charge < -0.3 is 5.32 Å². The molecule has 0 aromatic heterocycles. The van der Waals surface area contributed by atoms with Crippen LogP contribution in [0.5, 0.6) is 0 Å². The van der Waals surface area contributed by atoms with E-state index in [1.165, 1.54) is 6.42 Å². The van der Waals surface area contributed by atoms with Crippen LogP contribution in [0.3, 0.4) is 0 Å². The normalized spacial score (nSPS) is 21.8. The van der Waals surface area contributed by atoms with Crippen LogP contribution in [0.2, 0.25) is 0 Å². The molecule has 4 heteroatoms. The Balaban J connectivity index is 2.02. The molecule has 0 bridgehead atoms. The molecule has 3 nitrogen and oxygen atoms in total. The standard InChI is InChI=1S/C9H18N2OS/c1-2-3-4-5-8(12)11-9-10-6-7-13-9/h9-10H,2-7H2,1H3,(H,11,12).